The van der Waals surface area contributed by atoms with Crippen molar-refractivity contribution in [2.45, 2.75) is 25.3 Å². The Morgan fingerprint density at radius 1 is 1.12 bits per heavy atom. The zero-order chi connectivity index (χ0) is 17.8. The largest absolute Gasteiger partial charge is 0.361 e. The zero-order valence-electron chi connectivity index (χ0n) is 13.3. The van der Waals surface area contributed by atoms with Gasteiger partial charge in [0.1, 0.15) is 22.8 Å². The predicted octanol–water partition coefficient (Wildman–Crippen LogP) is 1.69. The van der Waals surface area contributed by atoms with Gasteiger partial charge in [0.15, 0.2) is 5.82 Å². The summed E-state index contributed by atoms with van der Waals surface area (Å²) in [5.74, 6) is 0.122. The smallest absolute Gasteiger partial charge is 0.269 e. The maximum atomic E-state index is 12.5. The van der Waals surface area contributed by atoms with Gasteiger partial charge in [0.2, 0.25) is 0 Å². The van der Waals surface area contributed by atoms with Crippen LogP contribution in [0.2, 0.25) is 0 Å². The van der Waals surface area contributed by atoms with Crippen LogP contribution in [-0.4, -0.2) is 33.9 Å². The fraction of sp³-hybridized carbons (Fsp3) is 0.200. The summed E-state index contributed by atoms with van der Waals surface area (Å²) in [6.45, 7) is 3.10. The lowest BCUT2D eigenvalue weighted by atomic mass is 10.2. The van der Waals surface area contributed by atoms with Crippen molar-refractivity contribution in [2.75, 3.05) is 0 Å². The molecule has 0 fully saturated rings. The highest BCUT2D eigenvalue weighted by molar-refractivity contribution is 7.90. The van der Waals surface area contributed by atoms with Gasteiger partial charge in [-0.1, -0.05) is 22.4 Å². The summed E-state index contributed by atoms with van der Waals surface area (Å²) >= 11 is 0. The van der Waals surface area contributed by atoms with E-state index in [4.69, 9.17) is 9.05 Å². The van der Waals surface area contributed by atoms with Gasteiger partial charge in [-0.2, -0.15) is 4.98 Å². The number of sulfonamides is 1. The Hall–Kier alpha value is -3.01. The third kappa shape index (κ3) is 2.25. The molecule has 0 spiro atoms. The SMILES string of the molecule is Cc1noc(C)c1-c1nc(CN2C(=O)c3ccccc3S2(=O)=O)no1. The van der Waals surface area contributed by atoms with Crippen molar-refractivity contribution in [3.05, 3.63) is 47.1 Å². The first-order valence-corrected chi connectivity index (χ1v) is 8.75. The molecule has 4 rings (SSSR count). The second-order valence-electron chi connectivity index (χ2n) is 5.53. The van der Waals surface area contributed by atoms with Gasteiger partial charge in [-0.3, -0.25) is 4.79 Å². The Morgan fingerprint density at radius 3 is 2.56 bits per heavy atom. The summed E-state index contributed by atoms with van der Waals surface area (Å²) in [6, 6.07) is 6.05. The molecule has 10 heteroatoms. The number of benzene rings is 1. The van der Waals surface area contributed by atoms with Crippen LogP contribution in [0.4, 0.5) is 0 Å². The number of carbonyl (C=O) groups is 1. The molecule has 0 N–H and O–H groups in total. The average Bonchev–Trinajstić information content (AvgIpc) is 3.22. The standard InChI is InChI=1S/C15H12N4O5S/c1-8-13(9(2)23-17-8)14-16-12(18-24-14)7-19-15(20)10-5-3-4-6-11(10)25(19,21)22/h3-6H,7H2,1-2H3. The number of hydrogen-bond donors (Lipinski definition) is 0. The quantitative estimate of drug-likeness (QED) is 0.692. The van der Waals surface area contributed by atoms with Gasteiger partial charge < -0.3 is 9.05 Å². The van der Waals surface area contributed by atoms with Gasteiger partial charge in [-0.25, -0.2) is 12.7 Å². The van der Waals surface area contributed by atoms with E-state index in [1.54, 1.807) is 26.0 Å². The molecule has 9 nitrogen and oxygen atoms in total. The van der Waals surface area contributed by atoms with E-state index in [1.807, 2.05) is 0 Å². The highest BCUT2D eigenvalue weighted by atomic mass is 32.2. The second kappa shape index (κ2) is 5.24. The van der Waals surface area contributed by atoms with E-state index in [-0.39, 0.29) is 28.7 Å². The molecule has 0 radical (unpaired) electrons. The second-order valence-corrected chi connectivity index (χ2v) is 7.36. The van der Waals surface area contributed by atoms with Crippen LogP contribution >= 0.6 is 0 Å². The van der Waals surface area contributed by atoms with Gasteiger partial charge in [-0.05, 0) is 26.0 Å². The molecule has 1 aliphatic heterocycles. The third-order valence-electron chi connectivity index (χ3n) is 3.91. The molecule has 1 amide bonds. The average molecular weight is 360 g/mol. The molecule has 128 valence electrons. The van der Waals surface area contributed by atoms with E-state index in [2.05, 4.69) is 15.3 Å². The highest BCUT2D eigenvalue weighted by Gasteiger charge is 2.41. The van der Waals surface area contributed by atoms with E-state index in [9.17, 15) is 13.2 Å². The van der Waals surface area contributed by atoms with Crippen LogP contribution in [0.1, 0.15) is 27.6 Å². The summed E-state index contributed by atoms with van der Waals surface area (Å²) < 4.78 is 36.0. The Labute approximate surface area is 142 Å². The first-order chi connectivity index (χ1) is 11.9. The number of hydrogen-bond acceptors (Lipinski definition) is 8. The van der Waals surface area contributed by atoms with Crippen molar-refractivity contribution in [2.24, 2.45) is 0 Å². The van der Waals surface area contributed by atoms with E-state index in [1.165, 1.54) is 12.1 Å². The van der Waals surface area contributed by atoms with Crippen LogP contribution in [0.5, 0.6) is 0 Å². The van der Waals surface area contributed by atoms with Crippen LogP contribution in [0.25, 0.3) is 11.5 Å². The molecule has 0 aliphatic carbocycles. The van der Waals surface area contributed by atoms with Crippen LogP contribution in [-0.2, 0) is 16.6 Å². The molecular weight excluding hydrogens is 348 g/mol. The summed E-state index contributed by atoms with van der Waals surface area (Å²) in [6.07, 6.45) is 0. The van der Waals surface area contributed by atoms with Crippen LogP contribution in [0, 0.1) is 13.8 Å². The number of amides is 1. The number of carbonyl (C=O) groups excluding carboxylic acids is 1. The van der Waals surface area contributed by atoms with Crippen molar-refractivity contribution in [3.63, 3.8) is 0 Å². The molecule has 0 unspecified atom stereocenters. The monoisotopic (exact) mass is 360 g/mol. The van der Waals surface area contributed by atoms with Gasteiger partial charge in [0.25, 0.3) is 21.8 Å². The molecule has 3 heterocycles. The molecule has 25 heavy (non-hydrogen) atoms. The Morgan fingerprint density at radius 2 is 1.88 bits per heavy atom. The van der Waals surface area contributed by atoms with Crippen LogP contribution in [0.15, 0.2) is 38.2 Å². The number of aryl methyl sites for hydroxylation is 2. The highest BCUT2D eigenvalue weighted by Crippen LogP contribution is 2.31. The molecule has 3 aromatic rings. The molecule has 0 atom stereocenters. The summed E-state index contributed by atoms with van der Waals surface area (Å²) in [4.78, 5) is 16.5. The van der Waals surface area contributed by atoms with E-state index < -0.39 is 15.9 Å². The molecule has 1 aromatic carbocycles. The topological polar surface area (TPSA) is 119 Å². The molecular formula is C15H12N4O5S. The zero-order valence-corrected chi connectivity index (χ0v) is 14.1. The molecule has 1 aliphatic rings. The fourth-order valence-corrected chi connectivity index (χ4v) is 4.25. The van der Waals surface area contributed by atoms with Crippen molar-refractivity contribution in [1.82, 2.24) is 19.6 Å². The van der Waals surface area contributed by atoms with Crippen molar-refractivity contribution in [1.29, 1.82) is 0 Å². The van der Waals surface area contributed by atoms with Gasteiger partial charge in [0, 0.05) is 0 Å². The van der Waals surface area contributed by atoms with E-state index >= 15 is 0 Å². The maximum absolute atomic E-state index is 12.5. The Bertz CT molecular complexity index is 1080. The lowest BCUT2D eigenvalue weighted by Crippen LogP contribution is -2.29. The lowest BCUT2D eigenvalue weighted by molar-refractivity contribution is 0.0862. The number of aromatic nitrogens is 3. The van der Waals surface area contributed by atoms with Crippen molar-refractivity contribution < 1.29 is 22.3 Å². The van der Waals surface area contributed by atoms with Crippen LogP contribution < -0.4 is 0 Å². The molecule has 0 saturated heterocycles. The summed E-state index contributed by atoms with van der Waals surface area (Å²) in [5.41, 5.74) is 1.26. The number of nitrogens with zero attached hydrogens (tertiary/aromatic N) is 4. The molecule has 2 aromatic heterocycles. The van der Waals surface area contributed by atoms with Gasteiger partial charge in [0.05, 0.1) is 11.3 Å². The third-order valence-corrected chi connectivity index (χ3v) is 5.70. The number of fused-ring (bicyclic) bond motifs is 1. The van der Waals surface area contributed by atoms with Gasteiger partial charge in [-0.15, -0.1) is 0 Å². The summed E-state index contributed by atoms with van der Waals surface area (Å²) in [5, 5.41) is 7.57. The minimum atomic E-state index is -3.92. The predicted molar refractivity (Wildman–Crippen MR) is 82.8 cm³/mol. The van der Waals surface area contributed by atoms with Crippen molar-refractivity contribution in [3.8, 4) is 11.5 Å². The van der Waals surface area contributed by atoms with E-state index in [0.717, 1.165) is 4.31 Å². The van der Waals surface area contributed by atoms with Gasteiger partial charge >= 0.3 is 0 Å². The minimum Gasteiger partial charge on any atom is -0.361 e. The summed E-state index contributed by atoms with van der Waals surface area (Å²) in [7, 11) is -3.92. The Kier molecular flexibility index (Phi) is 3.25. The maximum Gasteiger partial charge on any atom is 0.269 e. The number of rotatable bonds is 3. The lowest BCUT2D eigenvalue weighted by Gasteiger charge is -2.11. The van der Waals surface area contributed by atoms with E-state index in [0.29, 0.717) is 17.0 Å². The minimum absolute atomic E-state index is 0.0190. The molecule has 0 saturated carbocycles. The Balaban J connectivity index is 1.68. The first kappa shape index (κ1) is 15.5. The normalized spacial score (nSPS) is 15.6. The van der Waals surface area contributed by atoms with Crippen molar-refractivity contribution >= 4 is 15.9 Å². The van der Waals surface area contributed by atoms with Crippen LogP contribution in [0.3, 0.4) is 0 Å². The fourth-order valence-electron chi connectivity index (χ4n) is 2.72. The first-order valence-electron chi connectivity index (χ1n) is 7.31. The molecule has 0 bridgehead atoms.